The molecule has 4 nitrogen and oxygen atoms in total. The van der Waals surface area contributed by atoms with Gasteiger partial charge in [-0.25, -0.2) is 0 Å². The van der Waals surface area contributed by atoms with Gasteiger partial charge in [0, 0.05) is 27.8 Å². The molecule has 1 amide bonds. The molecule has 0 fully saturated rings. The molecule has 0 bridgehead atoms. The van der Waals surface area contributed by atoms with Crippen molar-refractivity contribution in [3.63, 3.8) is 0 Å². The minimum atomic E-state index is -0.453. The van der Waals surface area contributed by atoms with Crippen LogP contribution in [0, 0.1) is 39.0 Å². The third-order valence-electron chi connectivity index (χ3n) is 4.70. The van der Waals surface area contributed by atoms with Gasteiger partial charge >= 0.3 is 0 Å². The fourth-order valence-electron chi connectivity index (χ4n) is 3.45. The average molecular weight is 404 g/mol. The lowest BCUT2D eigenvalue weighted by molar-refractivity contribution is -0.112. The molecule has 0 saturated heterocycles. The molecule has 1 N–H and O–H groups in total. The normalized spacial score (nSPS) is 11.2. The Hall–Kier alpha value is -3.29. The molecule has 3 aromatic rings. The monoisotopic (exact) mass is 403 g/mol. The summed E-state index contributed by atoms with van der Waals surface area (Å²) in [6, 6.07) is 17.1. The Morgan fingerprint density at radius 3 is 2.24 bits per heavy atom. The van der Waals surface area contributed by atoms with E-state index in [1.54, 1.807) is 30.3 Å². The van der Waals surface area contributed by atoms with Crippen molar-refractivity contribution in [2.75, 3.05) is 5.32 Å². The maximum Gasteiger partial charge on any atom is 0.266 e. The van der Waals surface area contributed by atoms with Gasteiger partial charge in [0.05, 0.1) is 0 Å². The minimum absolute atomic E-state index is 0.0422. The highest BCUT2D eigenvalue weighted by atomic mass is 35.5. The highest BCUT2D eigenvalue weighted by Crippen LogP contribution is 2.24. The first-order valence-corrected chi connectivity index (χ1v) is 9.62. The van der Waals surface area contributed by atoms with Crippen molar-refractivity contribution in [1.82, 2.24) is 4.57 Å². The predicted molar refractivity (Wildman–Crippen MR) is 118 cm³/mol. The Morgan fingerprint density at radius 1 is 1.03 bits per heavy atom. The molecule has 3 rings (SSSR count). The second-order valence-electron chi connectivity index (χ2n) is 7.14. The summed E-state index contributed by atoms with van der Waals surface area (Å²) >= 11 is 5.87. The molecule has 0 aliphatic heterocycles. The zero-order chi connectivity index (χ0) is 21.1. The van der Waals surface area contributed by atoms with Crippen molar-refractivity contribution in [3.8, 4) is 11.8 Å². The Bertz CT molecular complexity index is 1130. The molecular formula is C24H22ClN3O. The van der Waals surface area contributed by atoms with Gasteiger partial charge in [-0.1, -0.05) is 17.7 Å². The summed E-state index contributed by atoms with van der Waals surface area (Å²) in [5, 5.41) is 12.8. The molecule has 1 aromatic heterocycles. The lowest BCUT2D eigenvalue weighted by Gasteiger charge is -2.12. The standard InChI is InChI=1S/C24H22ClN3O/c1-15-9-16(2)11-23(10-15)28-17(3)12-19(18(28)4)13-20(14-26)24(29)27-22-7-5-21(25)6-8-22/h5-13H,1-4H3,(H,27,29). The van der Waals surface area contributed by atoms with Crippen LogP contribution in [0.5, 0.6) is 0 Å². The first kappa shape index (κ1) is 20.4. The van der Waals surface area contributed by atoms with Gasteiger partial charge in [0.15, 0.2) is 0 Å². The Balaban J connectivity index is 1.95. The second kappa shape index (κ2) is 8.38. The first-order valence-electron chi connectivity index (χ1n) is 9.25. The molecule has 1 heterocycles. The number of carbonyl (C=O) groups is 1. The lowest BCUT2D eigenvalue weighted by Crippen LogP contribution is -2.13. The van der Waals surface area contributed by atoms with Gasteiger partial charge in [0.1, 0.15) is 11.6 Å². The predicted octanol–water partition coefficient (Wildman–Crippen LogP) is 5.91. The first-order chi connectivity index (χ1) is 13.8. The molecule has 5 heteroatoms. The van der Waals surface area contributed by atoms with Crippen LogP contribution >= 0.6 is 11.6 Å². The molecule has 0 atom stereocenters. The van der Waals surface area contributed by atoms with Gasteiger partial charge in [-0.2, -0.15) is 5.26 Å². The van der Waals surface area contributed by atoms with Crippen molar-refractivity contribution < 1.29 is 4.79 Å². The number of hydrogen-bond donors (Lipinski definition) is 1. The summed E-state index contributed by atoms with van der Waals surface area (Å²) < 4.78 is 2.14. The van der Waals surface area contributed by atoms with E-state index in [0.29, 0.717) is 10.7 Å². The number of carbonyl (C=O) groups excluding carboxylic acids is 1. The summed E-state index contributed by atoms with van der Waals surface area (Å²) in [6.45, 7) is 8.14. The number of amides is 1. The second-order valence-corrected chi connectivity index (χ2v) is 7.58. The lowest BCUT2D eigenvalue weighted by atomic mass is 10.1. The van der Waals surface area contributed by atoms with E-state index in [4.69, 9.17) is 11.6 Å². The van der Waals surface area contributed by atoms with Crippen molar-refractivity contribution >= 4 is 29.3 Å². The zero-order valence-corrected chi connectivity index (χ0v) is 17.6. The molecule has 146 valence electrons. The number of rotatable bonds is 4. The highest BCUT2D eigenvalue weighted by molar-refractivity contribution is 6.30. The molecule has 0 aliphatic carbocycles. The summed E-state index contributed by atoms with van der Waals surface area (Å²) in [5.74, 6) is -0.453. The molecule has 0 spiro atoms. The minimum Gasteiger partial charge on any atom is -0.321 e. The molecule has 0 radical (unpaired) electrons. The summed E-state index contributed by atoms with van der Waals surface area (Å²) in [4.78, 5) is 12.6. The van der Waals surface area contributed by atoms with E-state index < -0.39 is 5.91 Å². The van der Waals surface area contributed by atoms with Gasteiger partial charge in [0.25, 0.3) is 5.91 Å². The zero-order valence-electron chi connectivity index (χ0n) is 16.9. The van der Waals surface area contributed by atoms with E-state index >= 15 is 0 Å². The molecule has 0 aliphatic rings. The van der Waals surface area contributed by atoms with E-state index in [9.17, 15) is 10.1 Å². The maximum absolute atomic E-state index is 12.6. The fraction of sp³-hybridized carbons (Fsp3) is 0.167. The number of hydrogen-bond acceptors (Lipinski definition) is 2. The van der Waals surface area contributed by atoms with E-state index in [1.165, 1.54) is 11.1 Å². The van der Waals surface area contributed by atoms with Crippen molar-refractivity contribution in [2.45, 2.75) is 27.7 Å². The molecule has 29 heavy (non-hydrogen) atoms. The third kappa shape index (κ3) is 4.59. The topological polar surface area (TPSA) is 57.8 Å². The van der Waals surface area contributed by atoms with Crippen LogP contribution in [0.25, 0.3) is 11.8 Å². The number of benzene rings is 2. The molecule has 2 aromatic carbocycles. The molecular weight excluding hydrogens is 382 g/mol. The van der Waals surface area contributed by atoms with Gasteiger partial charge < -0.3 is 9.88 Å². The van der Waals surface area contributed by atoms with E-state index in [2.05, 4.69) is 41.9 Å². The van der Waals surface area contributed by atoms with Crippen LogP contribution in [0.2, 0.25) is 5.02 Å². The quantitative estimate of drug-likeness (QED) is 0.434. The van der Waals surface area contributed by atoms with E-state index in [-0.39, 0.29) is 5.57 Å². The number of anilines is 1. The number of nitriles is 1. The summed E-state index contributed by atoms with van der Waals surface area (Å²) in [5.41, 5.74) is 6.91. The van der Waals surface area contributed by atoms with Crippen molar-refractivity contribution in [2.24, 2.45) is 0 Å². The number of halogens is 1. The molecule has 0 saturated carbocycles. The number of nitrogens with zero attached hydrogens (tertiary/aromatic N) is 2. The van der Waals surface area contributed by atoms with Crippen molar-refractivity contribution in [1.29, 1.82) is 5.26 Å². The van der Waals surface area contributed by atoms with Gasteiger partial charge in [0.2, 0.25) is 0 Å². The van der Waals surface area contributed by atoms with E-state index in [1.807, 2.05) is 26.0 Å². The van der Waals surface area contributed by atoms with Crippen molar-refractivity contribution in [3.05, 3.63) is 87.2 Å². The highest BCUT2D eigenvalue weighted by Gasteiger charge is 2.14. The average Bonchev–Trinajstić information content (AvgIpc) is 2.94. The van der Waals surface area contributed by atoms with Gasteiger partial charge in [-0.3, -0.25) is 4.79 Å². The van der Waals surface area contributed by atoms with Crippen LogP contribution in [0.1, 0.15) is 28.1 Å². The van der Waals surface area contributed by atoms with Crippen LogP contribution in [-0.2, 0) is 4.79 Å². The van der Waals surface area contributed by atoms with E-state index in [0.717, 1.165) is 22.6 Å². The number of aromatic nitrogens is 1. The Kier molecular flexibility index (Phi) is 5.91. The van der Waals surface area contributed by atoms with Crippen LogP contribution in [0.4, 0.5) is 5.69 Å². The Morgan fingerprint density at radius 2 is 1.66 bits per heavy atom. The smallest absolute Gasteiger partial charge is 0.266 e. The number of nitrogens with one attached hydrogen (secondary N) is 1. The maximum atomic E-state index is 12.6. The SMILES string of the molecule is Cc1cc(C)cc(-n2c(C)cc(C=C(C#N)C(=O)Nc3ccc(Cl)cc3)c2C)c1. The fourth-order valence-corrected chi connectivity index (χ4v) is 3.57. The molecule has 0 unspecified atom stereocenters. The Labute approximate surface area is 176 Å². The van der Waals surface area contributed by atoms with Crippen LogP contribution in [0.15, 0.2) is 54.1 Å². The van der Waals surface area contributed by atoms with Crippen LogP contribution in [-0.4, -0.2) is 10.5 Å². The summed E-state index contributed by atoms with van der Waals surface area (Å²) in [6.07, 6.45) is 1.63. The number of aryl methyl sites for hydroxylation is 3. The largest absolute Gasteiger partial charge is 0.321 e. The van der Waals surface area contributed by atoms with Gasteiger partial charge in [-0.15, -0.1) is 0 Å². The summed E-state index contributed by atoms with van der Waals surface area (Å²) in [7, 11) is 0. The van der Waals surface area contributed by atoms with Crippen LogP contribution in [0.3, 0.4) is 0 Å². The van der Waals surface area contributed by atoms with Gasteiger partial charge in [-0.05, 0) is 92.9 Å². The van der Waals surface area contributed by atoms with Crippen LogP contribution < -0.4 is 5.32 Å². The third-order valence-corrected chi connectivity index (χ3v) is 4.95.